The molecule has 0 bridgehead atoms. The molecule has 2 aromatic carbocycles. The van der Waals surface area contributed by atoms with Gasteiger partial charge in [0.15, 0.2) is 5.78 Å². The van der Waals surface area contributed by atoms with Gasteiger partial charge in [-0.15, -0.1) is 0 Å². The maximum Gasteiger partial charge on any atom is 0.227 e. The zero-order valence-corrected chi connectivity index (χ0v) is 17.4. The Hall–Kier alpha value is -2.86. The van der Waals surface area contributed by atoms with E-state index in [1.807, 2.05) is 23.1 Å². The van der Waals surface area contributed by atoms with Crippen LogP contribution >= 0.6 is 0 Å². The molecule has 0 fully saturated rings. The van der Waals surface area contributed by atoms with Gasteiger partial charge < -0.3 is 19.4 Å². The Balaban J connectivity index is 1.66. The number of fused-ring (bicyclic) bond motifs is 1. The van der Waals surface area contributed by atoms with Crippen LogP contribution in [0.4, 0.5) is 11.4 Å². The fourth-order valence-corrected chi connectivity index (χ4v) is 3.53. The van der Waals surface area contributed by atoms with E-state index >= 15 is 0 Å². The quantitative estimate of drug-likeness (QED) is 0.643. The Morgan fingerprint density at radius 3 is 2.48 bits per heavy atom. The standard InChI is InChI=1S/C23H29N3O3/c1-24(2)13-14-25-15-16-26(21-10-5-4-9-20(21)25)23(28)12-11-22(27)18-7-6-8-19(17-18)29-3/h4-10,17H,11-16H2,1-3H3. The lowest BCUT2D eigenvalue weighted by molar-refractivity contribution is -0.118. The topological polar surface area (TPSA) is 53.1 Å². The van der Waals surface area contributed by atoms with Crippen molar-refractivity contribution >= 4 is 23.1 Å². The molecule has 6 heteroatoms. The van der Waals surface area contributed by atoms with E-state index in [9.17, 15) is 9.59 Å². The van der Waals surface area contributed by atoms with Crippen LogP contribution in [0, 0.1) is 0 Å². The summed E-state index contributed by atoms with van der Waals surface area (Å²) >= 11 is 0. The first-order valence-electron chi connectivity index (χ1n) is 9.96. The third-order valence-electron chi connectivity index (χ3n) is 5.18. The Kier molecular flexibility index (Phi) is 6.88. The second kappa shape index (κ2) is 9.56. The van der Waals surface area contributed by atoms with Gasteiger partial charge in [0.05, 0.1) is 18.5 Å². The number of carbonyl (C=O) groups is 2. The Morgan fingerprint density at radius 1 is 1.00 bits per heavy atom. The van der Waals surface area contributed by atoms with E-state index in [-0.39, 0.29) is 24.5 Å². The zero-order valence-electron chi connectivity index (χ0n) is 17.4. The van der Waals surface area contributed by atoms with Gasteiger partial charge in [0.25, 0.3) is 0 Å². The summed E-state index contributed by atoms with van der Waals surface area (Å²) in [6.07, 6.45) is 0.386. The number of ether oxygens (including phenoxy) is 1. The molecule has 2 aromatic rings. The van der Waals surface area contributed by atoms with Crippen LogP contribution in [0.25, 0.3) is 0 Å². The normalized spacial score (nSPS) is 13.4. The van der Waals surface area contributed by atoms with E-state index < -0.39 is 0 Å². The minimum Gasteiger partial charge on any atom is -0.497 e. The molecule has 0 aromatic heterocycles. The predicted octanol–water partition coefficient (Wildman–Crippen LogP) is 3.07. The highest BCUT2D eigenvalue weighted by atomic mass is 16.5. The summed E-state index contributed by atoms with van der Waals surface area (Å²) in [6.45, 7) is 3.30. The molecule has 0 saturated carbocycles. The lowest BCUT2D eigenvalue weighted by Gasteiger charge is -2.38. The van der Waals surface area contributed by atoms with Crippen molar-refractivity contribution in [3.63, 3.8) is 0 Å². The molecule has 0 spiro atoms. The third kappa shape index (κ3) is 5.15. The number of benzene rings is 2. The third-order valence-corrected chi connectivity index (χ3v) is 5.18. The largest absolute Gasteiger partial charge is 0.497 e. The van der Waals surface area contributed by atoms with E-state index in [1.165, 1.54) is 0 Å². The molecular weight excluding hydrogens is 366 g/mol. The van der Waals surface area contributed by atoms with Crippen molar-refractivity contribution < 1.29 is 14.3 Å². The number of hydrogen-bond donors (Lipinski definition) is 0. The SMILES string of the molecule is COc1cccc(C(=O)CCC(=O)N2CCN(CCN(C)C)c3ccccc32)c1. The molecule has 6 nitrogen and oxygen atoms in total. The average Bonchev–Trinajstić information content (AvgIpc) is 2.75. The molecular formula is C23H29N3O3. The molecule has 1 amide bonds. The van der Waals surface area contributed by atoms with Crippen LogP contribution in [-0.4, -0.2) is 64.0 Å². The Bertz CT molecular complexity index is 866. The van der Waals surface area contributed by atoms with Crippen molar-refractivity contribution in [2.75, 3.05) is 57.2 Å². The molecule has 1 heterocycles. The highest BCUT2D eigenvalue weighted by Gasteiger charge is 2.26. The molecule has 1 aliphatic rings. The second-order valence-corrected chi connectivity index (χ2v) is 7.48. The van der Waals surface area contributed by atoms with Crippen molar-refractivity contribution in [3.05, 3.63) is 54.1 Å². The van der Waals surface area contributed by atoms with Crippen LogP contribution in [-0.2, 0) is 4.79 Å². The number of ketones is 1. The molecule has 0 aliphatic carbocycles. The molecule has 29 heavy (non-hydrogen) atoms. The summed E-state index contributed by atoms with van der Waals surface area (Å²) in [6, 6.07) is 15.1. The van der Waals surface area contributed by atoms with Gasteiger partial charge in [-0.2, -0.15) is 0 Å². The van der Waals surface area contributed by atoms with Crippen molar-refractivity contribution in [2.24, 2.45) is 0 Å². The van der Waals surface area contributed by atoms with Gasteiger partial charge in [-0.1, -0.05) is 24.3 Å². The first-order valence-corrected chi connectivity index (χ1v) is 9.96. The van der Waals surface area contributed by atoms with Crippen LogP contribution < -0.4 is 14.5 Å². The maximum absolute atomic E-state index is 12.9. The van der Waals surface area contributed by atoms with Crippen LogP contribution in [0.3, 0.4) is 0 Å². The number of amides is 1. The van der Waals surface area contributed by atoms with Crippen molar-refractivity contribution in [1.29, 1.82) is 0 Å². The molecule has 0 saturated heterocycles. The van der Waals surface area contributed by atoms with Crippen LogP contribution in [0.2, 0.25) is 0 Å². The zero-order chi connectivity index (χ0) is 20.8. The molecule has 3 rings (SSSR count). The first-order chi connectivity index (χ1) is 14.0. The highest BCUT2D eigenvalue weighted by molar-refractivity contribution is 6.02. The van der Waals surface area contributed by atoms with E-state index in [1.54, 1.807) is 31.4 Å². The van der Waals surface area contributed by atoms with Gasteiger partial charge in [0.1, 0.15) is 5.75 Å². The Labute approximate surface area is 172 Å². The lowest BCUT2D eigenvalue weighted by Crippen LogP contribution is -2.45. The summed E-state index contributed by atoms with van der Waals surface area (Å²) in [5.41, 5.74) is 2.58. The van der Waals surface area contributed by atoms with E-state index in [4.69, 9.17) is 4.74 Å². The minimum absolute atomic E-state index is 0.0130. The molecule has 1 aliphatic heterocycles. The summed E-state index contributed by atoms with van der Waals surface area (Å²) in [5.74, 6) is 0.584. The first kappa shape index (κ1) is 20.9. The van der Waals surface area contributed by atoms with Gasteiger partial charge in [-0.3, -0.25) is 9.59 Å². The fourth-order valence-electron chi connectivity index (χ4n) is 3.53. The van der Waals surface area contributed by atoms with Gasteiger partial charge >= 0.3 is 0 Å². The van der Waals surface area contributed by atoms with Crippen LogP contribution in [0.1, 0.15) is 23.2 Å². The maximum atomic E-state index is 12.9. The highest BCUT2D eigenvalue weighted by Crippen LogP contribution is 2.33. The monoisotopic (exact) mass is 395 g/mol. The molecule has 0 N–H and O–H groups in total. The average molecular weight is 396 g/mol. The molecule has 0 radical (unpaired) electrons. The number of carbonyl (C=O) groups excluding carboxylic acids is 2. The molecule has 154 valence electrons. The predicted molar refractivity (Wildman–Crippen MR) is 116 cm³/mol. The van der Waals surface area contributed by atoms with E-state index in [2.05, 4.69) is 30.0 Å². The van der Waals surface area contributed by atoms with Crippen molar-refractivity contribution in [1.82, 2.24) is 4.90 Å². The van der Waals surface area contributed by atoms with Gasteiger partial charge in [0, 0.05) is 44.6 Å². The number of para-hydroxylation sites is 2. The smallest absolute Gasteiger partial charge is 0.227 e. The number of Topliss-reactive ketones (excluding diaryl/α,β-unsaturated/α-hetero) is 1. The number of likely N-dealkylation sites (N-methyl/N-ethyl adjacent to an activating group) is 1. The minimum atomic E-state index is -0.0462. The molecule has 0 atom stereocenters. The van der Waals surface area contributed by atoms with Gasteiger partial charge in [0.2, 0.25) is 5.91 Å². The number of hydrogen-bond acceptors (Lipinski definition) is 5. The summed E-state index contributed by atoms with van der Waals surface area (Å²) < 4.78 is 5.17. The number of methoxy groups -OCH3 is 1. The van der Waals surface area contributed by atoms with Crippen molar-refractivity contribution in [3.8, 4) is 5.75 Å². The lowest BCUT2D eigenvalue weighted by atomic mass is 10.1. The van der Waals surface area contributed by atoms with Crippen LogP contribution in [0.15, 0.2) is 48.5 Å². The Morgan fingerprint density at radius 2 is 1.76 bits per heavy atom. The number of nitrogens with zero attached hydrogens (tertiary/aromatic N) is 3. The fraction of sp³-hybridized carbons (Fsp3) is 0.391. The summed E-state index contributed by atoms with van der Waals surface area (Å²) in [7, 11) is 5.69. The van der Waals surface area contributed by atoms with Crippen molar-refractivity contribution in [2.45, 2.75) is 12.8 Å². The van der Waals surface area contributed by atoms with Gasteiger partial charge in [-0.25, -0.2) is 0 Å². The number of anilines is 2. The van der Waals surface area contributed by atoms with Crippen LogP contribution in [0.5, 0.6) is 5.75 Å². The summed E-state index contributed by atoms with van der Waals surface area (Å²) in [4.78, 5) is 31.7. The summed E-state index contributed by atoms with van der Waals surface area (Å²) in [5, 5.41) is 0. The molecule has 0 unspecified atom stereocenters. The van der Waals surface area contributed by atoms with E-state index in [0.29, 0.717) is 17.9 Å². The second-order valence-electron chi connectivity index (χ2n) is 7.48. The number of rotatable bonds is 8. The van der Waals surface area contributed by atoms with Gasteiger partial charge in [-0.05, 0) is 38.4 Å². The van der Waals surface area contributed by atoms with E-state index in [0.717, 1.165) is 31.0 Å².